The van der Waals surface area contributed by atoms with Crippen molar-refractivity contribution >= 4 is 0 Å². The first kappa shape index (κ1) is 14.4. The van der Waals surface area contributed by atoms with Gasteiger partial charge in [-0.05, 0) is 25.1 Å². The molecule has 1 aromatic heterocycles. The zero-order valence-corrected chi connectivity index (χ0v) is 11.5. The molecule has 0 saturated carbocycles. The highest BCUT2D eigenvalue weighted by atomic mass is 16.5. The molecule has 20 heavy (non-hydrogen) atoms. The number of aromatic nitrogens is 2. The van der Waals surface area contributed by atoms with Gasteiger partial charge in [0.1, 0.15) is 24.3 Å². The molecule has 2 N–H and O–H groups in total. The van der Waals surface area contributed by atoms with Crippen LogP contribution in [0.25, 0.3) is 0 Å². The minimum atomic E-state index is -0.557. The molecule has 0 fully saturated rings. The van der Waals surface area contributed by atoms with Crippen LogP contribution in [0.5, 0.6) is 5.75 Å². The Labute approximate surface area is 118 Å². The Morgan fingerprint density at radius 1 is 1.25 bits per heavy atom. The van der Waals surface area contributed by atoms with Crippen LogP contribution in [-0.4, -0.2) is 34.3 Å². The fraction of sp³-hybridized carbons (Fsp3) is 0.333. The molecule has 0 spiro atoms. The first-order valence-corrected chi connectivity index (χ1v) is 6.59. The number of hydrogen-bond acceptors (Lipinski definition) is 5. The zero-order chi connectivity index (χ0) is 14.2. The third kappa shape index (κ3) is 4.95. The van der Waals surface area contributed by atoms with E-state index < -0.39 is 6.10 Å². The van der Waals surface area contributed by atoms with Gasteiger partial charge in [-0.1, -0.05) is 18.2 Å². The van der Waals surface area contributed by atoms with Crippen molar-refractivity contribution in [3.05, 3.63) is 54.1 Å². The molecule has 5 nitrogen and oxygen atoms in total. The number of aliphatic hydroxyl groups is 1. The highest BCUT2D eigenvalue weighted by Gasteiger charge is 2.05. The van der Waals surface area contributed by atoms with E-state index in [-0.39, 0.29) is 6.61 Å². The highest BCUT2D eigenvalue weighted by Crippen LogP contribution is 2.08. The van der Waals surface area contributed by atoms with Gasteiger partial charge in [0, 0.05) is 19.3 Å². The maximum absolute atomic E-state index is 9.82. The number of ether oxygens (including phenoxy) is 1. The number of aryl methyl sites for hydroxylation is 1. The third-order valence-electron chi connectivity index (χ3n) is 2.71. The van der Waals surface area contributed by atoms with Gasteiger partial charge in [0.05, 0.1) is 5.69 Å². The van der Waals surface area contributed by atoms with Gasteiger partial charge in [-0.15, -0.1) is 0 Å². The maximum Gasteiger partial charge on any atom is 0.125 e. The number of para-hydroxylation sites is 1. The molecule has 0 bridgehead atoms. The number of benzene rings is 1. The molecular formula is C15H19N3O2. The Morgan fingerprint density at radius 3 is 2.80 bits per heavy atom. The van der Waals surface area contributed by atoms with Gasteiger partial charge >= 0.3 is 0 Å². The Kier molecular flexibility index (Phi) is 5.46. The van der Waals surface area contributed by atoms with Crippen molar-refractivity contribution in [3.63, 3.8) is 0 Å². The molecule has 5 heteroatoms. The van der Waals surface area contributed by atoms with Crippen LogP contribution in [-0.2, 0) is 6.54 Å². The van der Waals surface area contributed by atoms with Gasteiger partial charge in [-0.3, -0.25) is 0 Å². The molecule has 0 aliphatic heterocycles. The summed E-state index contributed by atoms with van der Waals surface area (Å²) in [7, 11) is 0. The molecule has 0 radical (unpaired) electrons. The van der Waals surface area contributed by atoms with E-state index in [1.807, 2.05) is 43.3 Å². The van der Waals surface area contributed by atoms with E-state index >= 15 is 0 Å². The predicted octanol–water partition coefficient (Wildman–Crippen LogP) is 1.31. The molecular weight excluding hydrogens is 254 g/mol. The van der Waals surface area contributed by atoms with Crippen LogP contribution in [0.1, 0.15) is 11.5 Å². The minimum absolute atomic E-state index is 0.264. The average molecular weight is 273 g/mol. The zero-order valence-electron chi connectivity index (χ0n) is 11.5. The van der Waals surface area contributed by atoms with Crippen molar-refractivity contribution < 1.29 is 9.84 Å². The second kappa shape index (κ2) is 7.57. The first-order valence-electron chi connectivity index (χ1n) is 6.59. The monoisotopic (exact) mass is 273 g/mol. The summed E-state index contributed by atoms with van der Waals surface area (Å²) in [4.78, 5) is 8.31. The molecule has 0 aliphatic carbocycles. The van der Waals surface area contributed by atoms with E-state index in [0.29, 0.717) is 13.1 Å². The largest absolute Gasteiger partial charge is 0.491 e. The van der Waals surface area contributed by atoms with E-state index in [1.54, 1.807) is 6.20 Å². The van der Waals surface area contributed by atoms with Crippen molar-refractivity contribution in [2.24, 2.45) is 0 Å². The lowest BCUT2D eigenvalue weighted by Crippen LogP contribution is -2.31. The van der Waals surface area contributed by atoms with Crippen molar-refractivity contribution in [2.75, 3.05) is 13.2 Å². The Bertz CT molecular complexity index is 520. The lowest BCUT2D eigenvalue weighted by molar-refractivity contribution is 0.106. The molecule has 1 heterocycles. The van der Waals surface area contributed by atoms with Crippen LogP contribution in [0.3, 0.4) is 0 Å². The van der Waals surface area contributed by atoms with Crippen LogP contribution in [0.15, 0.2) is 42.6 Å². The standard InChI is InChI=1S/C15H19N3O2/c1-12-17-8-7-13(18-12)9-16-10-14(19)11-20-15-5-3-2-4-6-15/h2-8,14,16,19H,9-11H2,1H3. The summed E-state index contributed by atoms with van der Waals surface area (Å²) in [5.41, 5.74) is 0.911. The number of nitrogens with zero attached hydrogens (tertiary/aromatic N) is 2. The predicted molar refractivity (Wildman–Crippen MR) is 76.4 cm³/mol. The van der Waals surface area contributed by atoms with Gasteiger partial charge in [0.25, 0.3) is 0 Å². The summed E-state index contributed by atoms with van der Waals surface area (Å²) in [6.45, 7) is 3.17. The smallest absolute Gasteiger partial charge is 0.125 e. The van der Waals surface area contributed by atoms with Gasteiger partial charge < -0.3 is 15.2 Å². The number of nitrogens with one attached hydrogen (secondary N) is 1. The van der Waals surface area contributed by atoms with Crippen molar-refractivity contribution in [1.82, 2.24) is 15.3 Å². The summed E-state index contributed by atoms with van der Waals surface area (Å²) >= 11 is 0. The molecule has 0 amide bonds. The van der Waals surface area contributed by atoms with Gasteiger partial charge in [-0.2, -0.15) is 0 Å². The number of rotatable bonds is 7. The topological polar surface area (TPSA) is 67.3 Å². The summed E-state index contributed by atoms with van der Waals surface area (Å²) in [5.74, 6) is 1.51. The molecule has 0 aliphatic rings. The molecule has 106 valence electrons. The van der Waals surface area contributed by atoms with Crippen molar-refractivity contribution in [2.45, 2.75) is 19.6 Å². The molecule has 0 saturated heterocycles. The summed E-state index contributed by atoms with van der Waals surface area (Å²) in [5, 5.41) is 13.0. The minimum Gasteiger partial charge on any atom is -0.491 e. The van der Waals surface area contributed by atoms with Crippen LogP contribution < -0.4 is 10.1 Å². The van der Waals surface area contributed by atoms with E-state index in [9.17, 15) is 5.11 Å². The normalized spacial score (nSPS) is 12.1. The van der Waals surface area contributed by atoms with E-state index in [2.05, 4.69) is 15.3 Å². The highest BCUT2D eigenvalue weighted by molar-refractivity contribution is 5.20. The lowest BCUT2D eigenvalue weighted by Gasteiger charge is -2.13. The van der Waals surface area contributed by atoms with Gasteiger partial charge in [0.2, 0.25) is 0 Å². The van der Waals surface area contributed by atoms with Crippen molar-refractivity contribution in [3.8, 4) is 5.75 Å². The fourth-order valence-corrected chi connectivity index (χ4v) is 1.74. The van der Waals surface area contributed by atoms with Crippen LogP contribution in [0.2, 0.25) is 0 Å². The van der Waals surface area contributed by atoms with Crippen LogP contribution in [0, 0.1) is 6.92 Å². The van der Waals surface area contributed by atoms with Crippen LogP contribution in [0.4, 0.5) is 0 Å². The number of aliphatic hydroxyl groups excluding tert-OH is 1. The molecule has 1 atom stereocenters. The third-order valence-corrected chi connectivity index (χ3v) is 2.71. The van der Waals surface area contributed by atoms with E-state index in [4.69, 9.17) is 4.74 Å². The molecule has 2 rings (SSSR count). The van der Waals surface area contributed by atoms with Gasteiger partial charge in [-0.25, -0.2) is 9.97 Å². The number of hydrogen-bond donors (Lipinski definition) is 2. The second-order valence-electron chi connectivity index (χ2n) is 4.50. The summed E-state index contributed by atoms with van der Waals surface area (Å²) in [6, 6.07) is 11.3. The quantitative estimate of drug-likeness (QED) is 0.796. The van der Waals surface area contributed by atoms with E-state index in [1.165, 1.54) is 0 Å². The SMILES string of the molecule is Cc1nccc(CNCC(O)COc2ccccc2)n1. The maximum atomic E-state index is 9.82. The molecule has 1 unspecified atom stereocenters. The van der Waals surface area contributed by atoms with Gasteiger partial charge in [0.15, 0.2) is 0 Å². The first-order chi connectivity index (χ1) is 9.74. The van der Waals surface area contributed by atoms with E-state index in [0.717, 1.165) is 17.3 Å². The second-order valence-corrected chi connectivity index (χ2v) is 4.50. The summed E-state index contributed by atoms with van der Waals surface area (Å²) in [6.07, 6.45) is 1.17. The average Bonchev–Trinajstić information content (AvgIpc) is 2.46. The molecule has 1 aromatic carbocycles. The molecule has 2 aromatic rings. The Hall–Kier alpha value is -1.98. The van der Waals surface area contributed by atoms with Crippen LogP contribution >= 0.6 is 0 Å². The fourth-order valence-electron chi connectivity index (χ4n) is 1.74. The summed E-state index contributed by atoms with van der Waals surface area (Å²) < 4.78 is 5.47. The van der Waals surface area contributed by atoms with Crippen molar-refractivity contribution in [1.29, 1.82) is 0 Å². The lowest BCUT2D eigenvalue weighted by atomic mass is 10.3. The Balaban J connectivity index is 1.66. The Morgan fingerprint density at radius 2 is 2.05 bits per heavy atom.